The van der Waals surface area contributed by atoms with Crippen LogP contribution in [-0.2, 0) is 11.2 Å². The summed E-state index contributed by atoms with van der Waals surface area (Å²) in [7, 11) is 0. The SMILES string of the molecule is O=C(NCCc1ccccc1)N1C[C@@H]2CCOC[C@]2(CO)C1. The molecule has 2 heterocycles. The van der Waals surface area contributed by atoms with Crippen molar-refractivity contribution in [2.75, 3.05) is 39.5 Å². The van der Waals surface area contributed by atoms with E-state index in [1.807, 2.05) is 23.1 Å². The van der Waals surface area contributed by atoms with Crippen LogP contribution in [0.1, 0.15) is 12.0 Å². The van der Waals surface area contributed by atoms with Crippen molar-refractivity contribution < 1.29 is 14.6 Å². The lowest BCUT2D eigenvalue weighted by Gasteiger charge is -2.36. The Bertz CT molecular complexity index is 508. The molecule has 5 heteroatoms. The van der Waals surface area contributed by atoms with Crippen LogP contribution < -0.4 is 5.32 Å². The number of carbonyl (C=O) groups excluding carboxylic acids is 1. The average molecular weight is 304 g/mol. The number of ether oxygens (including phenoxy) is 1. The molecular weight excluding hydrogens is 280 g/mol. The second kappa shape index (κ2) is 6.67. The molecule has 5 nitrogen and oxygen atoms in total. The van der Waals surface area contributed by atoms with E-state index in [0.29, 0.717) is 25.6 Å². The van der Waals surface area contributed by atoms with Gasteiger partial charge in [0.05, 0.1) is 13.2 Å². The Hall–Kier alpha value is -1.59. The molecule has 0 spiro atoms. The molecule has 0 bridgehead atoms. The van der Waals surface area contributed by atoms with Crippen LogP contribution in [0.4, 0.5) is 4.79 Å². The molecule has 2 atom stereocenters. The van der Waals surface area contributed by atoms with E-state index in [1.54, 1.807) is 0 Å². The highest BCUT2D eigenvalue weighted by molar-refractivity contribution is 5.74. The average Bonchev–Trinajstić information content (AvgIpc) is 2.96. The van der Waals surface area contributed by atoms with Crippen LogP contribution in [0, 0.1) is 11.3 Å². The lowest BCUT2D eigenvalue weighted by atomic mass is 9.76. The summed E-state index contributed by atoms with van der Waals surface area (Å²) in [6.45, 7) is 3.32. The molecule has 1 aromatic rings. The summed E-state index contributed by atoms with van der Waals surface area (Å²) in [5.74, 6) is 0.353. The number of urea groups is 1. The van der Waals surface area contributed by atoms with Crippen molar-refractivity contribution in [3.05, 3.63) is 35.9 Å². The molecule has 2 aliphatic heterocycles. The van der Waals surface area contributed by atoms with Gasteiger partial charge in [-0.2, -0.15) is 0 Å². The van der Waals surface area contributed by atoms with Crippen LogP contribution >= 0.6 is 0 Å². The lowest BCUT2D eigenvalue weighted by Crippen LogP contribution is -2.44. The lowest BCUT2D eigenvalue weighted by molar-refractivity contribution is -0.0555. The number of benzene rings is 1. The Kier molecular flexibility index (Phi) is 4.64. The van der Waals surface area contributed by atoms with Crippen LogP contribution in [0.5, 0.6) is 0 Å². The molecule has 3 rings (SSSR count). The number of fused-ring (bicyclic) bond motifs is 1. The van der Waals surface area contributed by atoms with Gasteiger partial charge in [-0.05, 0) is 24.3 Å². The van der Waals surface area contributed by atoms with Crippen molar-refractivity contribution in [1.82, 2.24) is 10.2 Å². The summed E-state index contributed by atoms with van der Waals surface area (Å²) in [5.41, 5.74) is 0.966. The summed E-state index contributed by atoms with van der Waals surface area (Å²) in [5, 5.41) is 12.7. The van der Waals surface area contributed by atoms with Gasteiger partial charge in [-0.3, -0.25) is 0 Å². The monoisotopic (exact) mass is 304 g/mol. The smallest absolute Gasteiger partial charge is 0.317 e. The normalized spacial score (nSPS) is 27.5. The molecule has 0 aliphatic carbocycles. The van der Waals surface area contributed by atoms with Gasteiger partial charge in [-0.15, -0.1) is 0 Å². The highest BCUT2D eigenvalue weighted by Gasteiger charge is 2.49. The van der Waals surface area contributed by atoms with Crippen LogP contribution in [0.3, 0.4) is 0 Å². The number of aliphatic hydroxyl groups excluding tert-OH is 1. The van der Waals surface area contributed by atoms with E-state index in [4.69, 9.17) is 4.74 Å². The zero-order valence-corrected chi connectivity index (χ0v) is 12.8. The second-order valence-corrected chi connectivity index (χ2v) is 6.41. The highest BCUT2D eigenvalue weighted by atomic mass is 16.5. The summed E-state index contributed by atoms with van der Waals surface area (Å²) in [4.78, 5) is 14.2. The van der Waals surface area contributed by atoms with E-state index in [9.17, 15) is 9.90 Å². The molecule has 0 aromatic heterocycles. The van der Waals surface area contributed by atoms with Crippen LogP contribution in [-0.4, -0.2) is 55.5 Å². The first-order valence-corrected chi connectivity index (χ1v) is 7.99. The minimum atomic E-state index is -0.255. The highest BCUT2D eigenvalue weighted by Crippen LogP contribution is 2.40. The van der Waals surface area contributed by atoms with Crippen LogP contribution in [0.25, 0.3) is 0 Å². The Labute approximate surface area is 131 Å². The summed E-state index contributed by atoms with van der Waals surface area (Å²) >= 11 is 0. The van der Waals surface area contributed by atoms with Crippen LogP contribution in [0.15, 0.2) is 30.3 Å². The maximum absolute atomic E-state index is 12.3. The predicted octanol–water partition coefficient (Wildman–Crippen LogP) is 1.27. The third kappa shape index (κ3) is 3.10. The Morgan fingerprint density at radius 2 is 2.23 bits per heavy atom. The number of likely N-dealkylation sites (tertiary alicyclic amines) is 1. The number of carbonyl (C=O) groups is 1. The van der Waals surface area contributed by atoms with Crippen molar-refractivity contribution in [2.24, 2.45) is 11.3 Å². The number of aliphatic hydroxyl groups is 1. The minimum Gasteiger partial charge on any atom is -0.396 e. The predicted molar refractivity (Wildman–Crippen MR) is 83.6 cm³/mol. The van der Waals surface area contributed by atoms with Gasteiger partial charge >= 0.3 is 6.03 Å². The Morgan fingerprint density at radius 1 is 1.41 bits per heavy atom. The molecule has 22 heavy (non-hydrogen) atoms. The molecule has 2 amide bonds. The minimum absolute atomic E-state index is 0.0295. The third-order valence-electron chi connectivity index (χ3n) is 4.95. The first-order valence-electron chi connectivity index (χ1n) is 7.99. The summed E-state index contributed by atoms with van der Waals surface area (Å²) in [6, 6.07) is 10.1. The first-order chi connectivity index (χ1) is 10.7. The molecule has 0 saturated carbocycles. The number of rotatable bonds is 4. The molecule has 2 aliphatic rings. The molecule has 2 N–H and O–H groups in total. The molecule has 1 aromatic carbocycles. The number of amides is 2. The Balaban J connectivity index is 1.51. The van der Waals surface area contributed by atoms with Gasteiger partial charge in [0.2, 0.25) is 0 Å². The van der Waals surface area contributed by atoms with E-state index in [2.05, 4.69) is 17.4 Å². The molecule has 2 fully saturated rings. The fourth-order valence-electron chi connectivity index (χ4n) is 3.55. The fraction of sp³-hybridized carbons (Fsp3) is 0.588. The molecule has 2 saturated heterocycles. The number of nitrogens with zero attached hydrogens (tertiary/aromatic N) is 1. The van der Waals surface area contributed by atoms with E-state index >= 15 is 0 Å². The van der Waals surface area contributed by atoms with Crippen molar-refractivity contribution >= 4 is 6.03 Å². The van der Waals surface area contributed by atoms with Crippen molar-refractivity contribution in [3.63, 3.8) is 0 Å². The maximum Gasteiger partial charge on any atom is 0.317 e. The molecular formula is C17H24N2O3. The zero-order valence-electron chi connectivity index (χ0n) is 12.8. The topological polar surface area (TPSA) is 61.8 Å². The van der Waals surface area contributed by atoms with Crippen molar-refractivity contribution in [2.45, 2.75) is 12.8 Å². The van der Waals surface area contributed by atoms with E-state index in [0.717, 1.165) is 26.0 Å². The van der Waals surface area contributed by atoms with Gasteiger partial charge in [0, 0.05) is 31.7 Å². The van der Waals surface area contributed by atoms with Crippen LogP contribution in [0.2, 0.25) is 0 Å². The zero-order chi connectivity index (χ0) is 15.4. The molecule has 0 unspecified atom stereocenters. The number of hydrogen-bond acceptors (Lipinski definition) is 3. The quantitative estimate of drug-likeness (QED) is 0.880. The van der Waals surface area contributed by atoms with E-state index < -0.39 is 0 Å². The standard InChI is InChI=1S/C17H24N2O3/c20-12-17-11-19(10-15(17)7-9-22-13-17)16(21)18-8-6-14-4-2-1-3-5-14/h1-5,15,20H,6-13H2,(H,18,21)/t15-,17+/m0/s1. The van der Waals surface area contributed by atoms with Gasteiger partial charge in [0.25, 0.3) is 0 Å². The number of nitrogens with one attached hydrogen (secondary N) is 1. The Morgan fingerprint density at radius 3 is 2.95 bits per heavy atom. The van der Waals surface area contributed by atoms with E-state index in [1.165, 1.54) is 5.56 Å². The van der Waals surface area contributed by atoms with Gasteiger partial charge < -0.3 is 20.1 Å². The van der Waals surface area contributed by atoms with Crippen molar-refractivity contribution in [1.29, 1.82) is 0 Å². The fourth-order valence-corrected chi connectivity index (χ4v) is 3.55. The summed E-state index contributed by atoms with van der Waals surface area (Å²) < 4.78 is 5.53. The maximum atomic E-state index is 12.3. The third-order valence-corrected chi connectivity index (χ3v) is 4.95. The largest absolute Gasteiger partial charge is 0.396 e. The van der Waals surface area contributed by atoms with E-state index in [-0.39, 0.29) is 18.1 Å². The number of hydrogen-bond donors (Lipinski definition) is 2. The second-order valence-electron chi connectivity index (χ2n) is 6.41. The molecule has 0 radical (unpaired) electrons. The van der Waals surface area contributed by atoms with Gasteiger partial charge in [0.15, 0.2) is 0 Å². The van der Waals surface area contributed by atoms with Gasteiger partial charge in [-0.1, -0.05) is 30.3 Å². The summed E-state index contributed by atoms with van der Waals surface area (Å²) in [6.07, 6.45) is 1.76. The van der Waals surface area contributed by atoms with Crippen molar-refractivity contribution in [3.8, 4) is 0 Å². The first kappa shape index (κ1) is 15.3. The van der Waals surface area contributed by atoms with Gasteiger partial charge in [0.1, 0.15) is 0 Å². The molecule has 120 valence electrons. The van der Waals surface area contributed by atoms with Gasteiger partial charge in [-0.25, -0.2) is 4.79 Å².